The Kier molecular flexibility index (Phi) is 8.18. The number of fused-ring (bicyclic) bond motifs is 5. The fraction of sp³-hybridized carbons (Fsp3) is 0.417. The number of nitrogens with one attached hydrogen (secondary N) is 1. The SMILES string of the molecule is CCC1=C(C)C2=NC1=CC1=C(C)C3=C(O)CC(=C4NC(=CC5=NC(=C2)C(C(O)COC(C)=O)=C5C)[C@@H](C)[C@@H]4CCC(=O)OC)C3=N1. The zero-order valence-electron chi connectivity index (χ0n) is 27.4. The number of aliphatic hydroxyl groups is 2. The molecule has 10 heteroatoms. The number of hydrogen-bond donors (Lipinski definition) is 3. The minimum absolute atomic E-state index is 0.0256. The third-order valence-electron chi connectivity index (χ3n) is 9.77. The monoisotopic (exact) mass is 624 g/mol. The quantitative estimate of drug-likeness (QED) is 0.316. The van der Waals surface area contributed by atoms with E-state index in [1.165, 1.54) is 14.0 Å². The highest BCUT2D eigenvalue weighted by atomic mass is 16.5. The highest BCUT2D eigenvalue weighted by Crippen LogP contribution is 2.46. The summed E-state index contributed by atoms with van der Waals surface area (Å²) in [4.78, 5) is 38.9. The average molecular weight is 625 g/mol. The first-order chi connectivity index (χ1) is 21.9. The van der Waals surface area contributed by atoms with Gasteiger partial charge in [0.15, 0.2) is 0 Å². The number of aliphatic imine (C=N–C) groups is 3. The molecular weight excluding hydrogens is 584 g/mol. The maximum Gasteiger partial charge on any atom is 0.305 e. The molecule has 3 atom stereocenters. The van der Waals surface area contributed by atoms with E-state index in [1.807, 2.05) is 39.0 Å². The predicted molar refractivity (Wildman–Crippen MR) is 176 cm³/mol. The molecule has 0 radical (unpaired) electrons. The number of rotatable bonds is 7. The van der Waals surface area contributed by atoms with Crippen molar-refractivity contribution in [1.29, 1.82) is 0 Å². The summed E-state index contributed by atoms with van der Waals surface area (Å²) < 4.78 is 10.2. The highest BCUT2D eigenvalue weighted by Gasteiger charge is 2.41. The summed E-state index contributed by atoms with van der Waals surface area (Å²) in [6.07, 6.45) is 6.65. The molecule has 1 saturated heterocycles. The molecule has 6 rings (SSSR count). The van der Waals surface area contributed by atoms with E-state index < -0.39 is 12.1 Å². The lowest BCUT2D eigenvalue weighted by Gasteiger charge is -2.17. The van der Waals surface area contributed by atoms with Gasteiger partial charge in [0, 0.05) is 59.7 Å². The Hall–Kier alpha value is -4.57. The lowest BCUT2D eigenvalue weighted by Crippen LogP contribution is -2.21. The Morgan fingerprint density at radius 1 is 1.04 bits per heavy atom. The van der Waals surface area contributed by atoms with Crippen LogP contribution in [-0.2, 0) is 19.1 Å². The van der Waals surface area contributed by atoms with Gasteiger partial charge < -0.3 is 25.0 Å². The maximum atomic E-state index is 12.2. The standard InChI is InChI=1S/C36H40N4O6/c1-8-21-16(2)24-14-29-33(31(43)15-46-20(6)41)18(4)26(38-29)12-25-17(3)22(9-10-32(44)45-7)35(39-25)23-11-30(42)34-19(5)27(40-36(23)34)13-28(21)37-24/h12-14,17,22,31,39,42-43H,8-11,15H2,1-7H3/t17-,22-,31?/m0/s1. The molecule has 46 heavy (non-hydrogen) atoms. The highest BCUT2D eigenvalue weighted by molar-refractivity contribution is 6.21. The van der Waals surface area contributed by atoms with Crippen LogP contribution in [0.1, 0.15) is 67.2 Å². The van der Waals surface area contributed by atoms with Crippen molar-refractivity contribution in [2.75, 3.05) is 13.7 Å². The molecule has 240 valence electrons. The van der Waals surface area contributed by atoms with Crippen molar-refractivity contribution in [1.82, 2.24) is 5.32 Å². The van der Waals surface area contributed by atoms with Gasteiger partial charge in [0.2, 0.25) is 0 Å². The maximum absolute atomic E-state index is 12.2. The van der Waals surface area contributed by atoms with Crippen LogP contribution in [0, 0.1) is 11.8 Å². The van der Waals surface area contributed by atoms with Gasteiger partial charge in [-0.2, -0.15) is 0 Å². The zero-order chi connectivity index (χ0) is 33.0. The van der Waals surface area contributed by atoms with E-state index in [-0.39, 0.29) is 36.6 Å². The molecule has 3 N–H and O–H groups in total. The van der Waals surface area contributed by atoms with Crippen LogP contribution < -0.4 is 5.32 Å². The van der Waals surface area contributed by atoms with Gasteiger partial charge in [-0.3, -0.25) is 9.59 Å². The Balaban J connectivity index is 1.57. The van der Waals surface area contributed by atoms with Crippen molar-refractivity contribution >= 4 is 29.1 Å². The van der Waals surface area contributed by atoms with Crippen LogP contribution in [-0.4, -0.2) is 59.1 Å². The normalized spacial score (nSPS) is 24.2. The Labute approximate surface area is 268 Å². The minimum Gasteiger partial charge on any atom is -0.511 e. The van der Waals surface area contributed by atoms with Crippen LogP contribution >= 0.6 is 0 Å². The summed E-state index contributed by atoms with van der Waals surface area (Å²) in [5, 5.41) is 26.2. The number of allylic oxidation sites excluding steroid dienone is 11. The van der Waals surface area contributed by atoms with Gasteiger partial charge in [-0.15, -0.1) is 0 Å². The molecule has 0 spiro atoms. The molecule has 8 bridgehead atoms. The summed E-state index contributed by atoms with van der Waals surface area (Å²) in [7, 11) is 1.39. The van der Waals surface area contributed by atoms with Crippen molar-refractivity contribution in [3.05, 3.63) is 91.5 Å². The molecule has 0 amide bonds. The van der Waals surface area contributed by atoms with Gasteiger partial charge in [-0.05, 0) is 74.1 Å². The number of carbonyl (C=O) groups excluding carboxylic acids is 2. The summed E-state index contributed by atoms with van der Waals surface area (Å²) in [6.45, 7) is 11.2. The van der Waals surface area contributed by atoms with Gasteiger partial charge in [-0.25, -0.2) is 15.0 Å². The predicted octanol–water partition coefficient (Wildman–Crippen LogP) is 5.54. The van der Waals surface area contributed by atoms with E-state index in [1.54, 1.807) is 0 Å². The molecule has 6 aliphatic rings. The third kappa shape index (κ3) is 5.24. The Bertz CT molecular complexity index is 1820. The fourth-order valence-corrected chi connectivity index (χ4v) is 7.20. The number of esters is 2. The van der Waals surface area contributed by atoms with E-state index in [0.717, 1.165) is 74.1 Å². The van der Waals surface area contributed by atoms with Crippen molar-refractivity contribution in [2.24, 2.45) is 26.8 Å². The molecule has 5 heterocycles. The van der Waals surface area contributed by atoms with Crippen LogP contribution in [0.4, 0.5) is 0 Å². The second-order valence-corrected chi connectivity index (χ2v) is 12.5. The van der Waals surface area contributed by atoms with E-state index in [0.29, 0.717) is 29.8 Å². The topological polar surface area (TPSA) is 142 Å². The Morgan fingerprint density at radius 2 is 1.76 bits per heavy atom. The van der Waals surface area contributed by atoms with E-state index >= 15 is 0 Å². The second kappa shape index (κ2) is 12.0. The van der Waals surface area contributed by atoms with Gasteiger partial charge in [0.1, 0.15) is 18.5 Å². The number of hydrogen-bond acceptors (Lipinski definition) is 10. The van der Waals surface area contributed by atoms with E-state index in [2.05, 4.69) is 19.2 Å². The molecule has 1 unspecified atom stereocenters. The number of ether oxygens (including phenoxy) is 2. The number of aliphatic hydroxyl groups excluding tert-OH is 2. The first kappa shape index (κ1) is 31.4. The molecule has 1 fully saturated rings. The summed E-state index contributed by atoms with van der Waals surface area (Å²) >= 11 is 0. The molecule has 0 aromatic rings. The fourth-order valence-electron chi connectivity index (χ4n) is 7.20. The second-order valence-electron chi connectivity index (χ2n) is 12.5. The third-order valence-corrected chi connectivity index (χ3v) is 9.77. The van der Waals surface area contributed by atoms with Crippen molar-refractivity contribution < 1.29 is 29.3 Å². The molecule has 0 saturated carbocycles. The lowest BCUT2D eigenvalue weighted by molar-refractivity contribution is -0.143. The molecule has 0 aromatic heterocycles. The van der Waals surface area contributed by atoms with Gasteiger partial charge >= 0.3 is 11.9 Å². The lowest BCUT2D eigenvalue weighted by atomic mass is 9.86. The largest absolute Gasteiger partial charge is 0.511 e. The summed E-state index contributed by atoms with van der Waals surface area (Å²) in [5.41, 5.74) is 12.1. The van der Waals surface area contributed by atoms with Crippen LogP contribution in [0.3, 0.4) is 0 Å². The molecule has 1 aliphatic carbocycles. The van der Waals surface area contributed by atoms with Crippen LogP contribution in [0.25, 0.3) is 0 Å². The molecule has 10 nitrogen and oxygen atoms in total. The number of carbonyl (C=O) groups is 2. The first-order valence-electron chi connectivity index (χ1n) is 15.8. The minimum atomic E-state index is -1.09. The van der Waals surface area contributed by atoms with Crippen LogP contribution in [0.5, 0.6) is 0 Å². The average Bonchev–Trinajstić information content (AvgIpc) is 3.77. The number of methoxy groups -OCH3 is 1. The van der Waals surface area contributed by atoms with Crippen molar-refractivity contribution in [2.45, 2.75) is 73.3 Å². The molecular formula is C36H40N4O6. The summed E-state index contributed by atoms with van der Waals surface area (Å²) in [5.74, 6) is -0.569. The van der Waals surface area contributed by atoms with E-state index in [4.69, 9.17) is 24.5 Å². The van der Waals surface area contributed by atoms with Crippen molar-refractivity contribution in [3.63, 3.8) is 0 Å². The zero-order valence-corrected chi connectivity index (χ0v) is 27.4. The van der Waals surface area contributed by atoms with Crippen LogP contribution in [0.2, 0.25) is 0 Å². The Morgan fingerprint density at radius 3 is 2.46 bits per heavy atom. The summed E-state index contributed by atoms with van der Waals surface area (Å²) in [6, 6.07) is 0. The molecule has 5 aliphatic heterocycles. The van der Waals surface area contributed by atoms with Crippen LogP contribution in [0.15, 0.2) is 106 Å². The van der Waals surface area contributed by atoms with E-state index in [9.17, 15) is 19.8 Å². The smallest absolute Gasteiger partial charge is 0.305 e. The van der Waals surface area contributed by atoms with Gasteiger partial charge in [-0.1, -0.05) is 13.8 Å². The number of nitrogens with zero attached hydrogens (tertiary/aromatic N) is 3. The van der Waals surface area contributed by atoms with Gasteiger partial charge in [0.25, 0.3) is 0 Å². The molecule has 0 aromatic carbocycles. The van der Waals surface area contributed by atoms with Gasteiger partial charge in [0.05, 0.1) is 41.3 Å². The van der Waals surface area contributed by atoms with Crippen molar-refractivity contribution in [3.8, 4) is 0 Å². The first-order valence-corrected chi connectivity index (χ1v) is 15.8.